The second-order valence-corrected chi connectivity index (χ2v) is 4.75. The summed E-state index contributed by atoms with van der Waals surface area (Å²) in [6, 6.07) is 0.377. The Labute approximate surface area is 90.6 Å². The monoisotopic (exact) mass is 212 g/mol. The molecule has 2 saturated carbocycles. The van der Waals surface area contributed by atoms with E-state index in [9.17, 15) is 9.90 Å². The van der Waals surface area contributed by atoms with E-state index in [1.807, 2.05) is 0 Å². The number of aliphatic hydroxyl groups excluding tert-OH is 1. The third-order valence-electron chi connectivity index (χ3n) is 3.42. The number of nitrogens with one attached hydrogen (secondary N) is 1. The number of likely N-dealkylation sites (N-methyl/N-ethyl adjacent to an activating group) is 1. The largest absolute Gasteiger partial charge is 0.391 e. The summed E-state index contributed by atoms with van der Waals surface area (Å²) in [5.41, 5.74) is 0. The average molecular weight is 212 g/mol. The predicted molar refractivity (Wildman–Crippen MR) is 57.6 cm³/mol. The molecule has 0 spiro atoms. The van der Waals surface area contributed by atoms with Crippen molar-refractivity contribution >= 4 is 6.03 Å². The van der Waals surface area contributed by atoms with Crippen LogP contribution >= 0.6 is 0 Å². The molecular weight excluding hydrogens is 192 g/mol. The number of hydrogen-bond donors (Lipinski definition) is 2. The van der Waals surface area contributed by atoms with Crippen molar-refractivity contribution in [3.63, 3.8) is 0 Å². The van der Waals surface area contributed by atoms with Gasteiger partial charge in [-0.25, -0.2) is 4.79 Å². The molecule has 2 aliphatic rings. The van der Waals surface area contributed by atoms with Crippen LogP contribution in [0, 0.1) is 0 Å². The quantitative estimate of drug-likeness (QED) is 0.720. The van der Waals surface area contributed by atoms with Crippen molar-refractivity contribution in [2.75, 3.05) is 7.05 Å². The van der Waals surface area contributed by atoms with Gasteiger partial charge in [-0.1, -0.05) is 12.8 Å². The topological polar surface area (TPSA) is 52.6 Å². The molecule has 0 aromatic carbocycles. The summed E-state index contributed by atoms with van der Waals surface area (Å²) in [5, 5.41) is 12.8. The molecule has 0 aliphatic heterocycles. The number of carbonyl (C=O) groups is 1. The Morgan fingerprint density at radius 2 is 1.93 bits per heavy atom. The summed E-state index contributed by atoms with van der Waals surface area (Å²) in [5.74, 6) is 0. The molecule has 2 rings (SSSR count). The van der Waals surface area contributed by atoms with E-state index in [1.165, 1.54) is 0 Å². The fourth-order valence-electron chi connectivity index (χ4n) is 2.20. The van der Waals surface area contributed by atoms with Crippen molar-refractivity contribution in [2.24, 2.45) is 0 Å². The lowest BCUT2D eigenvalue weighted by Crippen LogP contribution is -2.50. The van der Waals surface area contributed by atoms with Crippen LogP contribution in [0.25, 0.3) is 0 Å². The molecule has 0 heterocycles. The molecule has 2 fully saturated rings. The lowest BCUT2D eigenvalue weighted by Gasteiger charge is -2.35. The molecule has 0 saturated heterocycles. The Morgan fingerprint density at radius 1 is 1.27 bits per heavy atom. The Hall–Kier alpha value is -0.770. The van der Waals surface area contributed by atoms with Crippen molar-refractivity contribution in [1.82, 2.24) is 10.2 Å². The van der Waals surface area contributed by atoms with E-state index in [0.717, 1.165) is 38.5 Å². The van der Waals surface area contributed by atoms with E-state index in [-0.39, 0.29) is 18.2 Å². The summed E-state index contributed by atoms with van der Waals surface area (Å²) in [4.78, 5) is 13.4. The number of nitrogens with zero attached hydrogens (tertiary/aromatic N) is 1. The second-order valence-electron chi connectivity index (χ2n) is 4.75. The summed E-state index contributed by atoms with van der Waals surface area (Å²) in [6.07, 6.45) is 5.81. The van der Waals surface area contributed by atoms with Crippen LogP contribution in [-0.2, 0) is 0 Å². The summed E-state index contributed by atoms with van der Waals surface area (Å²) in [6.45, 7) is 0. The molecular formula is C11H20N2O2. The fourth-order valence-corrected chi connectivity index (χ4v) is 2.20. The van der Waals surface area contributed by atoms with Gasteiger partial charge in [0.15, 0.2) is 0 Å². The summed E-state index contributed by atoms with van der Waals surface area (Å²) >= 11 is 0. The van der Waals surface area contributed by atoms with Crippen LogP contribution in [0.15, 0.2) is 0 Å². The zero-order valence-electron chi connectivity index (χ0n) is 9.28. The number of rotatable bonds is 2. The van der Waals surface area contributed by atoms with Crippen LogP contribution < -0.4 is 5.32 Å². The van der Waals surface area contributed by atoms with E-state index < -0.39 is 0 Å². The number of urea groups is 1. The first-order chi connectivity index (χ1) is 7.18. The first kappa shape index (κ1) is 10.7. The van der Waals surface area contributed by atoms with E-state index >= 15 is 0 Å². The Balaban J connectivity index is 1.86. The lowest BCUT2D eigenvalue weighted by atomic mass is 9.92. The minimum Gasteiger partial charge on any atom is -0.391 e. The molecule has 0 aromatic rings. The average Bonchev–Trinajstić information content (AvgIpc) is 3.01. The Bertz CT molecular complexity index is 241. The smallest absolute Gasteiger partial charge is 0.317 e. The Kier molecular flexibility index (Phi) is 3.14. The number of aliphatic hydroxyl groups is 1. The van der Waals surface area contributed by atoms with Crippen molar-refractivity contribution in [1.29, 1.82) is 0 Å². The maximum Gasteiger partial charge on any atom is 0.317 e. The van der Waals surface area contributed by atoms with Gasteiger partial charge in [0.1, 0.15) is 0 Å². The van der Waals surface area contributed by atoms with Gasteiger partial charge in [0.05, 0.1) is 12.1 Å². The standard InChI is InChI=1S/C11H20N2O2/c1-13(11(15)12-8-6-7-8)9-4-2-3-5-10(9)14/h8-10,14H,2-7H2,1H3,(H,12,15). The SMILES string of the molecule is CN(C(=O)NC1CC1)C1CCCCC1O. The van der Waals surface area contributed by atoms with Gasteiger partial charge >= 0.3 is 6.03 Å². The highest BCUT2D eigenvalue weighted by molar-refractivity contribution is 5.75. The van der Waals surface area contributed by atoms with Crippen molar-refractivity contribution in [3.8, 4) is 0 Å². The third-order valence-corrected chi connectivity index (χ3v) is 3.42. The molecule has 15 heavy (non-hydrogen) atoms. The molecule has 86 valence electrons. The van der Waals surface area contributed by atoms with Gasteiger partial charge in [-0.3, -0.25) is 0 Å². The van der Waals surface area contributed by atoms with Crippen LogP contribution in [0.2, 0.25) is 0 Å². The number of hydrogen-bond acceptors (Lipinski definition) is 2. The van der Waals surface area contributed by atoms with Crippen LogP contribution in [0.4, 0.5) is 4.79 Å². The molecule has 0 aromatic heterocycles. The lowest BCUT2D eigenvalue weighted by molar-refractivity contribution is 0.0464. The van der Waals surface area contributed by atoms with Gasteiger partial charge in [0.25, 0.3) is 0 Å². The highest BCUT2D eigenvalue weighted by Gasteiger charge is 2.31. The normalized spacial score (nSPS) is 31.1. The maximum atomic E-state index is 11.7. The third kappa shape index (κ3) is 2.62. The van der Waals surface area contributed by atoms with Crippen LogP contribution in [-0.4, -0.2) is 41.3 Å². The van der Waals surface area contributed by atoms with Crippen LogP contribution in [0.1, 0.15) is 38.5 Å². The number of amides is 2. The van der Waals surface area contributed by atoms with Crippen molar-refractivity contribution < 1.29 is 9.90 Å². The van der Waals surface area contributed by atoms with Gasteiger partial charge in [-0.15, -0.1) is 0 Å². The first-order valence-electron chi connectivity index (χ1n) is 5.90. The maximum absolute atomic E-state index is 11.7. The van der Waals surface area contributed by atoms with Crippen LogP contribution in [0.5, 0.6) is 0 Å². The minimum absolute atomic E-state index is 0.0116. The minimum atomic E-state index is -0.339. The summed E-state index contributed by atoms with van der Waals surface area (Å²) < 4.78 is 0. The molecule has 2 amide bonds. The zero-order chi connectivity index (χ0) is 10.8. The highest BCUT2D eigenvalue weighted by Crippen LogP contribution is 2.23. The molecule has 2 atom stereocenters. The summed E-state index contributed by atoms with van der Waals surface area (Å²) in [7, 11) is 1.79. The molecule has 2 unspecified atom stereocenters. The highest BCUT2D eigenvalue weighted by atomic mass is 16.3. The van der Waals surface area contributed by atoms with Gasteiger partial charge in [0, 0.05) is 13.1 Å². The molecule has 2 N–H and O–H groups in total. The van der Waals surface area contributed by atoms with Gasteiger partial charge in [0.2, 0.25) is 0 Å². The molecule has 0 bridgehead atoms. The molecule has 4 nitrogen and oxygen atoms in total. The van der Waals surface area contributed by atoms with E-state index in [2.05, 4.69) is 5.32 Å². The van der Waals surface area contributed by atoms with Crippen molar-refractivity contribution in [3.05, 3.63) is 0 Å². The van der Waals surface area contributed by atoms with Crippen molar-refractivity contribution in [2.45, 2.75) is 56.7 Å². The predicted octanol–water partition coefficient (Wildman–Crippen LogP) is 1.09. The van der Waals surface area contributed by atoms with Gasteiger partial charge in [-0.05, 0) is 25.7 Å². The molecule has 2 aliphatic carbocycles. The zero-order valence-corrected chi connectivity index (χ0v) is 9.28. The van der Waals surface area contributed by atoms with Gasteiger partial charge < -0.3 is 15.3 Å². The van der Waals surface area contributed by atoms with E-state index in [1.54, 1.807) is 11.9 Å². The van der Waals surface area contributed by atoms with Gasteiger partial charge in [-0.2, -0.15) is 0 Å². The van der Waals surface area contributed by atoms with Crippen LogP contribution in [0.3, 0.4) is 0 Å². The van der Waals surface area contributed by atoms with E-state index in [0.29, 0.717) is 6.04 Å². The molecule has 4 heteroatoms. The van der Waals surface area contributed by atoms with E-state index in [4.69, 9.17) is 0 Å². The second kappa shape index (κ2) is 4.39. The fraction of sp³-hybridized carbons (Fsp3) is 0.909. The first-order valence-corrected chi connectivity index (χ1v) is 5.90. The number of carbonyl (C=O) groups excluding carboxylic acids is 1. The molecule has 0 radical (unpaired) electrons. The Morgan fingerprint density at radius 3 is 2.53 bits per heavy atom.